The van der Waals surface area contributed by atoms with Crippen molar-refractivity contribution >= 4 is 0 Å². The molecule has 1 fully saturated rings. The van der Waals surface area contributed by atoms with Crippen molar-refractivity contribution in [3.63, 3.8) is 0 Å². The number of aromatic nitrogens is 2. The van der Waals surface area contributed by atoms with Crippen LogP contribution >= 0.6 is 0 Å². The lowest BCUT2D eigenvalue weighted by Crippen LogP contribution is -2.24. The van der Waals surface area contributed by atoms with Gasteiger partial charge >= 0.3 is 0 Å². The second-order valence-corrected chi connectivity index (χ2v) is 5.65. The molecule has 1 aromatic carbocycles. The molecule has 0 radical (unpaired) electrons. The summed E-state index contributed by atoms with van der Waals surface area (Å²) in [4.78, 5) is 6.44. The van der Waals surface area contributed by atoms with Crippen LogP contribution in [-0.2, 0) is 17.9 Å². The second kappa shape index (κ2) is 7.08. The molecule has 0 spiro atoms. The van der Waals surface area contributed by atoms with Crippen LogP contribution in [0, 0.1) is 0 Å². The van der Waals surface area contributed by atoms with Gasteiger partial charge in [0.05, 0.1) is 19.8 Å². The Bertz CT molecular complexity index is 646. The van der Waals surface area contributed by atoms with Crippen LogP contribution in [-0.4, -0.2) is 47.0 Å². The molecule has 3 rings (SSSR count). The summed E-state index contributed by atoms with van der Waals surface area (Å²) in [5.74, 6) is 1.86. The molecule has 1 saturated heterocycles. The molecule has 1 aliphatic rings. The maximum Gasteiger partial charge on any atom is 0.240 e. The van der Waals surface area contributed by atoms with E-state index in [2.05, 4.69) is 15.0 Å². The van der Waals surface area contributed by atoms with Gasteiger partial charge in [0.15, 0.2) is 5.82 Å². The van der Waals surface area contributed by atoms with Gasteiger partial charge in [0.1, 0.15) is 12.4 Å². The highest BCUT2D eigenvalue weighted by Crippen LogP contribution is 2.34. The van der Waals surface area contributed by atoms with Crippen LogP contribution in [0.4, 0.5) is 0 Å². The molecule has 1 N–H and O–H groups in total. The Hall–Kier alpha value is -1.96. The zero-order valence-corrected chi connectivity index (χ0v) is 13.3. The van der Waals surface area contributed by atoms with Gasteiger partial charge in [-0.2, -0.15) is 4.98 Å². The summed E-state index contributed by atoms with van der Waals surface area (Å²) in [5.41, 5.74) is 1.11. The number of hydrogen-bond acceptors (Lipinski definition) is 7. The molecule has 0 amide bonds. The minimum absolute atomic E-state index is 0.0953. The molecule has 2 atom stereocenters. The molecular weight excluding hydrogens is 298 g/mol. The predicted octanol–water partition coefficient (Wildman–Crippen LogP) is 1.53. The number of rotatable bonds is 6. The van der Waals surface area contributed by atoms with Gasteiger partial charge in [0.2, 0.25) is 5.89 Å². The predicted molar refractivity (Wildman–Crippen MR) is 81.8 cm³/mol. The van der Waals surface area contributed by atoms with Gasteiger partial charge in [-0.25, -0.2) is 0 Å². The molecule has 2 aromatic rings. The number of nitrogens with zero attached hydrogens (tertiary/aromatic N) is 3. The minimum atomic E-state index is -0.368. The number of likely N-dealkylation sites (tertiary alicyclic amines) is 1. The number of aliphatic hydroxyl groups excluding tert-OH is 1. The zero-order chi connectivity index (χ0) is 16.2. The van der Waals surface area contributed by atoms with E-state index in [1.807, 2.05) is 24.3 Å². The molecule has 2 heterocycles. The van der Waals surface area contributed by atoms with E-state index in [4.69, 9.17) is 14.0 Å². The van der Waals surface area contributed by atoms with E-state index < -0.39 is 0 Å². The van der Waals surface area contributed by atoms with Crippen molar-refractivity contribution in [1.82, 2.24) is 15.0 Å². The average Bonchev–Trinajstić information content (AvgIpc) is 3.15. The van der Waals surface area contributed by atoms with E-state index >= 15 is 0 Å². The number of hydrogen-bond donors (Lipinski definition) is 1. The third-order valence-corrected chi connectivity index (χ3v) is 3.98. The molecule has 0 saturated carbocycles. The number of aliphatic hydroxyl groups is 1. The van der Waals surface area contributed by atoms with Gasteiger partial charge in [-0.05, 0) is 24.1 Å². The van der Waals surface area contributed by atoms with Gasteiger partial charge in [-0.3, -0.25) is 4.90 Å². The van der Waals surface area contributed by atoms with Crippen molar-refractivity contribution in [2.75, 3.05) is 20.8 Å². The largest absolute Gasteiger partial charge is 0.497 e. The average molecular weight is 319 g/mol. The molecular formula is C16H21N3O4. The maximum atomic E-state index is 10.1. The summed E-state index contributed by atoms with van der Waals surface area (Å²) in [6, 6.07) is 8.01. The van der Waals surface area contributed by atoms with Crippen LogP contribution in [0.15, 0.2) is 28.8 Å². The summed E-state index contributed by atoms with van der Waals surface area (Å²) in [6.07, 6.45) is 0.305. The van der Waals surface area contributed by atoms with Crippen molar-refractivity contribution in [1.29, 1.82) is 0 Å². The monoisotopic (exact) mass is 319 g/mol. The highest BCUT2D eigenvalue weighted by atomic mass is 16.5. The van der Waals surface area contributed by atoms with E-state index in [1.54, 1.807) is 14.2 Å². The summed E-state index contributed by atoms with van der Waals surface area (Å²) in [7, 11) is 3.24. The van der Waals surface area contributed by atoms with E-state index in [0.717, 1.165) is 11.3 Å². The molecule has 1 aliphatic heterocycles. The molecule has 0 bridgehead atoms. The topological polar surface area (TPSA) is 80.9 Å². The summed E-state index contributed by atoms with van der Waals surface area (Å²) >= 11 is 0. The lowest BCUT2D eigenvalue weighted by Gasteiger charge is -2.23. The van der Waals surface area contributed by atoms with Crippen LogP contribution in [0.2, 0.25) is 0 Å². The molecule has 23 heavy (non-hydrogen) atoms. The minimum Gasteiger partial charge on any atom is -0.497 e. The van der Waals surface area contributed by atoms with E-state index in [9.17, 15) is 5.11 Å². The Morgan fingerprint density at radius 1 is 1.39 bits per heavy atom. The normalized spacial score (nSPS) is 21.7. The first-order valence-electron chi connectivity index (χ1n) is 7.56. The van der Waals surface area contributed by atoms with Crippen molar-refractivity contribution in [2.45, 2.75) is 31.7 Å². The van der Waals surface area contributed by atoms with Crippen LogP contribution in [0.25, 0.3) is 0 Å². The van der Waals surface area contributed by atoms with E-state index in [0.29, 0.717) is 37.8 Å². The molecule has 7 heteroatoms. The fraction of sp³-hybridized carbons (Fsp3) is 0.500. The molecule has 124 valence electrons. The van der Waals surface area contributed by atoms with Crippen LogP contribution in [0.5, 0.6) is 5.75 Å². The molecule has 0 aliphatic carbocycles. The lowest BCUT2D eigenvalue weighted by atomic mass is 10.0. The van der Waals surface area contributed by atoms with E-state index in [-0.39, 0.29) is 12.1 Å². The third kappa shape index (κ3) is 3.69. The third-order valence-electron chi connectivity index (χ3n) is 3.98. The molecule has 7 nitrogen and oxygen atoms in total. The Morgan fingerprint density at radius 2 is 2.26 bits per heavy atom. The first kappa shape index (κ1) is 15.9. The van der Waals surface area contributed by atoms with Crippen molar-refractivity contribution in [2.24, 2.45) is 0 Å². The fourth-order valence-electron chi connectivity index (χ4n) is 2.97. The maximum absolute atomic E-state index is 10.1. The first-order valence-corrected chi connectivity index (χ1v) is 7.56. The van der Waals surface area contributed by atoms with Gasteiger partial charge in [0, 0.05) is 19.7 Å². The standard InChI is InChI=1S/C16H21N3O4/c1-21-10-15-17-16(23-18-15)9-19-8-12(20)7-14(19)11-4-3-5-13(6-11)22-2/h3-6,12,14,20H,7-10H2,1-2H3/t12-,14+/m0/s1. The molecule has 1 aromatic heterocycles. The Labute approximate surface area is 134 Å². The second-order valence-electron chi connectivity index (χ2n) is 5.65. The summed E-state index contributed by atoms with van der Waals surface area (Å²) in [6.45, 7) is 1.39. The number of methoxy groups -OCH3 is 2. The summed E-state index contributed by atoms with van der Waals surface area (Å²) < 4.78 is 15.5. The van der Waals surface area contributed by atoms with Crippen molar-refractivity contribution in [3.8, 4) is 5.75 Å². The van der Waals surface area contributed by atoms with Gasteiger partial charge < -0.3 is 19.1 Å². The van der Waals surface area contributed by atoms with Crippen molar-refractivity contribution in [3.05, 3.63) is 41.5 Å². The Kier molecular flexibility index (Phi) is 4.90. The lowest BCUT2D eigenvalue weighted by molar-refractivity contribution is 0.164. The highest BCUT2D eigenvalue weighted by Gasteiger charge is 2.33. The number of ether oxygens (including phenoxy) is 2. The Balaban J connectivity index is 1.76. The van der Waals surface area contributed by atoms with Crippen molar-refractivity contribution < 1.29 is 19.1 Å². The first-order chi connectivity index (χ1) is 11.2. The van der Waals surface area contributed by atoms with Gasteiger partial charge in [-0.1, -0.05) is 17.3 Å². The molecule has 0 unspecified atom stereocenters. The number of β-amino-alcohol motifs (C(OH)–C–C–N with tert-alkyl or cyclic N) is 1. The SMILES string of the molecule is COCc1noc(CN2C[C@@H](O)C[C@@H]2c2cccc(OC)c2)n1. The number of benzene rings is 1. The van der Waals surface area contributed by atoms with Crippen LogP contribution in [0.3, 0.4) is 0 Å². The fourth-order valence-corrected chi connectivity index (χ4v) is 2.97. The quantitative estimate of drug-likeness (QED) is 0.864. The van der Waals surface area contributed by atoms with Gasteiger partial charge in [-0.15, -0.1) is 0 Å². The van der Waals surface area contributed by atoms with E-state index in [1.165, 1.54) is 0 Å². The van der Waals surface area contributed by atoms with Crippen LogP contribution < -0.4 is 4.74 Å². The summed E-state index contributed by atoms with van der Waals surface area (Å²) in [5, 5.41) is 13.9. The smallest absolute Gasteiger partial charge is 0.240 e. The van der Waals surface area contributed by atoms with Crippen LogP contribution in [0.1, 0.15) is 29.7 Å². The zero-order valence-electron chi connectivity index (χ0n) is 13.3. The highest BCUT2D eigenvalue weighted by molar-refractivity contribution is 5.31. The Morgan fingerprint density at radius 3 is 3.04 bits per heavy atom. The van der Waals surface area contributed by atoms with Gasteiger partial charge in [0.25, 0.3) is 0 Å².